The van der Waals surface area contributed by atoms with Gasteiger partial charge in [0, 0.05) is 22.1 Å². The zero-order chi connectivity index (χ0) is 41.0. The van der Waals surface area contributed by atoms with Gasteiger partial charge in [0.25, 0.3) is 11.8 Å². The number of hydrazine groups is 1. The van der Waals surface area contributed by atoms with Crippen molar-refractivity contribution >= 4 is 52.4 Å². The third-order valence-corrected chi connectivity index (χ3v) is 12.5. The number of ether oxygens (including phenoxy) is 1. The summed E-state index contributed by atoms with van der Waals surface area (Å²) in [4.78, 5) is 73.6. The van der Waals surface area contributed by atoms with Gasteiger partial charge in [0.2, 0.25) is 11.8 Å². The number of benzene rings is 5. The lowest BCUT2D eigenvalue weighted by Gasteiger charge is -2.50. The van der Waals surface area contributed by atoms with Crippen LogP contribution in [0.1, 0.15) is 45.8 Å². The van der Waals surface area contributed by atoms with Crippen LogP contribution in [0.25, 0.3) is 0 Å². The lowest BCUT2D eigenvalue weighted by molar-refractivity contribution is -0.138. The fourth-order valence-corrected chi connectivity index (χ4v) is 9.85. The van der Waals surface area contributed by atoms with E-state index in [4.69, 9.17) is 16.3 Å². The fraction of sp³-hybridized carbons (Fsp3) is 0.213. The van der Waals surface area contributed by atoms with Gasteiger partial charge in [-0.3, -0.25) is 34.3 Å². The highest BCUT2D eigenvalue weighted by atomic mass is 35.5. The van der Waals surface area contributed by atoms with Gasteiger partial charge in [-0.2, -0.15) is 5.01 Å². The Labute approximate surface area is 343 Å². The van der Waals surface area contributed by atoms with Crippen molar-refractivity contribution in [2.45, 2.75) is 24.2 Å². The first-order valence-electron chi connectivity index (χ1n) is 19.4. The first-order valence-corrected chi connectivity index (χ1v) is 19.8. The van der Waals surface area contributed by atoms with E-state index in [1.165, 1.54) is 29.2 Å². The third-order valence-electron chi connectivity index (χ3n) is 12.3. The van der Waals surface area contributed by atoms with Crippen molar-refractivity contribution in [3.8, 4) is 5.75 Å². The van der Waals surface area contributed by atoms with Crippen LogP contribution in [0.3, 0.4) is 0 Å². The second-order valence-corrected chi connectivity index (χ2v) is 15.7. The minimum Gasteiger partial charge on any atom is -0.491 e. The van der Waals surface area contributed by atoms with Crippen LogP contribution in [0.15, 0.2) is 139 Å². The van der Waals surface area contributed by atoms with Crippen molar-refractivity contribution in [2.24, 2.45) is 23.7 Å². The van der Waals surface area contributed by atoms with Crippen LogP contribution in [0.2, 0.25) is 5.02 Å². The number of fused-ring (bicyclic) bond motifs is 4. The Bertz CT molecular complexity index is 2510. The number of nitrogens with one attached hydrogen (secondary N) is 1. The van der Waals surface area contributed by atoms with Crippen molar-refractivity contribution in [1.82, 2.24) is 5.01 Å². The summed E-state index contributed by atoms with van der Waals surface area (Å²) in [5, 5.41) is 10.8. The van der Waals surface area contributed by atoms with Crippen LogP contribution in [0, 0.1) is 29.5 Å². The number of nitrogens with zero attached hydrogens (tertiary/aromatic N) is 2. The molecule has 0 spiro atoms. The van der Waals surface area contributed by atoms with Crippen LogP contribution < -0.4 is 15.1 Å². The first-order chi connectivity index (χ1) is 28.6. The average Bonchev–Trinajstić information content (AvgIpc) is 3.64. The Morgan fingerprint density at radius 3 is 2.15 bits per heavy atom. The number of anilines is 2. The van der Waals surface area contributed by atoms with E-state index in [-0.39, 0.29) is 37.7 Å². The molecule has 10 nitrogen and oxygen atoms in total. The van der Waals surface area contributed by atoms with Gasteiger partial charge in [-0.15, -0.1) is 0 Å². The van der Waals surface area contributed by atoms with Crippen LogP contribution in [-0.2, 0) is 24.6 Å². The normalized spacial score (nSPS) is 24.7. The molecule has 2 aliphatic carbocycles. The predicted molar refractivity (Wildman–Crippen MR) is 217 cm³/mol. The van der Waals surface area contributed by atoms with Crippen molar-refractivity contribution < 1.29 is 38.2 Å². The lowest BCUT2D eigenvalue weighted by Crippen LogP contribution is -2.53. The summed E-state index contributed by atoms with van der Waals surface area (Å²) in [6.45, 7) is -0.109. The summed E-state index contributed by atoms with van der Waals surface area (Å²) in [7, 11) is 0. The average molecular weight is 810 g/mol. The maximum atomic E-state index is 15.3. The molecule has 9 rings (SSSR count). The Hall–Kier alpha value is -6.43. The molecule has 4 amide bonds. The zero-order valence-electron chi connectivity index (χ0n) is 31.5. The largest absolute Gasteiger partial charge is 0.491 e. The standard InChI is InChI=1S/C47H37ClFN3O7/c48-31-12-10-30(11-13-31)47-39(44(56)52(46(47)58)50-33-16-14-32(49)15-17-33)26-38-36(41(47)27-8-20-35(21-9-27)59-25-24-53)22-23-37-40(38)45(57)51(43(37)55)34-18-6-29(7-19-34)42(54)28-4-2-1-3-5-28/h1-22,37-41,50,53H,23-26H2. The van der Waals surface area contributed by atoms with Gasteiger partial charge in [-0.05, 0) is 103 Å². The molecule has 59 heavy (non-hydrogen) atoms. The Balaban J connectivity index is 1.14. The molecule has 0 radical (unpaired) electrons. The van der Waals surface area contributed by atoms with Gasteiger partial charge in [0.15, 0.2) is 5.78 Å². The number of aliphatic hydroxyl groups excluding tert-OH is 1. The molecule has 6 atom stereocenters. The molecule has 0 aromatic heterocycles. The molecule has 1 saturated carbocycles. The van der Waals surface area contributed by atoms with Crippen molar-refractivity contribution in [2.75, 3.05) is 23.5 Å². The van der Waals surface area contributed by atoms with Gasteiger partial charge in [0.05, 0.1) is 41.2 Å². The summed E-state index contributed by atoms with van der Waals surface area (Å²) in [5.41, 5.74) is 4.97. The van der Waals surface area contributed by atoms with E-state index >= 15 is 4.79 Å². The van der Waals surface area contributed by atoms with E-state index in [0.717, 1.165) is 10.6 Å². The fourth-order valence-electron chi connectivity index (χ4n) is 9.72. The molecule has 2 aliphatic heterocycles. The molecular weight excluding hydrogens is 773 g/mol. The Morgan fingerprint density at radius 1 is 0.797 bits per heavy atom. The van der Waals surface area contributed by atoms with E-state index in [1.807, 2.05) is 24.3 Å². The van der Waals surface area contributed by atoms with Gasteiger partial charge in [-0.1, -0.05) is 77.8 Å². The summed E-state index contributed by atoms with van der Waals surface area (Å²) in [6, 6.07) is 34.5. The summed E-state index contributed by atoms with van der Waals surface area (Å²) in [5.74, 6) is -6.03. The molecule has 0 bridgehead atoms. The van der Waals surface area contributed by atoms with E-state index in [1.54, 1.807) is 84.9 Å². The number of amides is 4. The number of imide groups is 2. The highest BCUT2D eigenvalue weighted by molar-refractivity contribution is 6.30. The maximum absolute atomic E-state index is 15.3. The summed E-state index contributed by atoms with van der Waals surface area (Å²) in [6.07, 6.45) is 2.26. The van der Waals surface area contributed by atoms with E-state index in [0.29, 0.717) is 44.4 Å². The van der Waals surface area contributed by atoms with Gasteiger partial charge < -0.3 is 9.84 Å². The summed E-state index contributed by atoms with van der Waals surface area (Å²) >= 11 is 6.40. The summed E-state index contributed by atoms with van der Waals surface area (Å²) < 4.78 is 19.6. The number of halogens is 2. The quantitative estimate of drug-likeness (QED) is 0.0856. The molecule has 2 N–H and O–H groups in total. The number of rotatable bonds is 10. The van der Waals surface area contributed by atoms with Crippen LogP contribution in [-0.4, -0.2) is 52.7 Å². The van der Waals surface area contributed by atoms with Crippen molar-refractivity contribution in [3.05, 3.63) is 172 Å². The molecule has 6 unspecified atom stereocenters. The van der Waals surface area contributed by atoms with Gasteiger partial charge in [-0.25, -0.2) is 4.39 Å². The number of aliphatic hydroxyl groups is 1. The van der Waals surface area contributed by atoms with E-state index in [9.17, 15) is 28.7 Å². The van der Waals surface area contributed by atoms with E-state index < -0.39 is 58.5 Å². The SMILES string of the molecule is O=C(c1ccccc1)c1ccc(N2C(=O)C3CC=C4C(CC5C(=O)N(Nc6ccc(F)cc6)C(=O)C5(c5ccc(Cl)cc5)C4c4ccc(OCCO)cc4)C3C2=O)cc1. The molecule has 3 fully saturated rings. The predicted octanol–water partition coefficient (Wildman–Crippen LogP) is 7.27. The first kappa shape index (κ1) is 38.1. The highest BCUT2D eigenvalue weighted by Crippen LogP contribution is 2.64. The number of hydrogen-bond donors (Lipinski definition) is 2. The topological polar surface area (TPSA) is 133 Å². The monoisotopic (exact) mass is 809 g/mol. The van der Waals surface area contributed by atoms with E-state index in [2.05, 4.69) is 5.43 Å². The number of carbonyl (C=O) groups excluding carboxylic acids is 5. The molecule has 2 heterocycles. The molecule has 5 aromatic carbocycles. The Morgan fingerprint density at radius 2 is 1.47 bits per heavy atom. The van der Waals surface area contributed by atoms with Crippen molar-refractivity contribution in [3.63, 3.8) is 0 Å². The number of ketones is 1. The lowest BCUT2D eigenvalue weighted by atomic mass is 9.49. The van der Waals surface area contributed by atoms with Crippen LogP contribution >= 0.6 is 11.6 Å². The number of allylic oxidation sites excluding steroid dienone is 2. The third kappa shape index (κ3) is 6.23. The minimum absolute atomic E-state index is 0.0750. The van der Waals surface area contributed by atoms with Gasteiger partial charge in [0.1, 0.15) is 18.2 Å². The van der Waals surface area contributed by atoms with Crippen LogP contribution in [0.5, 0.6) is 5.75 Å². The van der Waals surface area contributed by atoms with Gasteiger partial charge >= 0.3 is 0 Å². The highest BCUT2D eigenvalue weighted by Gasteiger charge is 2.70. The van der Waals surface area contributed by atoms with Crippen molar-refractivity contribution in [1.29, 1.82) is 0 Å². The number of carbonyl (C=O) groups is 5. The second-order valence-electron chi connectivity index (χ2n) is 15.3. The molecule has 5 aromatic rings. The molecule has 12 heteroatoms. The molecule has 296 valence electrons. The smallest absolute Gasteiger partial charge is 0.260 e. The second kappa shape index (κ2) is 15.1. The maximum Gasteiger partial charge on any atom is 0.260 e. The molecule has 4 aliphatic rings. The Kier molecular flexibility index (Phi) is 9.73. The molecule has 2 saturated heterocycles. The minimum atomic E-state index is -1.54. The van der Waals surface area contributed by atoms with Crippen LogP contribution in [0.4, 0.5) is 15.8 Å². The molecular formula is C47H37ClFN3O7. The zero-order valence-corrected chi connectivity index (χ0v) is 32.2. The number of hydrogen-bond acceptors (Lipinski definition) is 8.